The van der Waals surface area contributed by atoms with Gasteiger partial charge in [0.25, 0.3) is 0 Å². The van der Waals surface area contributed by atoms with Crippen LogP contribution in [0.2, 0.25) is 5.02 Å². The molecule has 1 rings (SSSR count). The Morgan fingerprint density at radius 3 is 2.41 bits per heavy atom. The van der Waals surface area contributed by atoms with Crippen molar-refractivity contribution in [1.29, 1.82) is 0 Å². The van der Waals surface area contributed by atoms with Crippen LogP contribution in [0.1, 0.15) is 44.7 Å². The van der Waals surface area contributed by atoms with Crippen LogP contribution in [-0.2, 0) is 9.59 Å². The van der Waals surface area contributed by atoms with Gasteiger partial charge in [-0.15, -0.1) is 0 Å². The van der Waals surface area contributed by atoms with Crippen LogP contribution in [0.15, 0.2) is 24.3 Å². The smallest absolute Gasteiger partial charge is 0.227 e. The number of primary amides is 1. The zero-order valence-corrected chi connectivity index (χ0v) is 13.8. The van der Waals surface area contributed by atoms with E-state index in [2.05, 4.69) is 5.32 Å². The summed E-state index contributed by atoms with van der Waals surface area (Å²) in [6.07, 6.45) is 1.27. The average molecular weight is 326 g/mol. The van der Waals surface area contributed by atoms with E-state index in [4.69, 9.17) is 23.1 Å². The number of amides is 2. The molecule has 0 bridgehead atoms. The summed E-state index contributed by atoms with van der Waals surface area (Å²) in [5.41, 5.74) is 11.2. The maximum Gasteiger partial charge on any atom is 0.227 e. The summed E-state index contributed by atoms with van der Waals surface area (Å²) in [4.78, 5) is 24.0. The number of nitrogens with two attached hydrogens (primary N) is 2. The largest absolute Gasteiger partial charge is 0.370 e. The van der Waals surface area contributed by atoms with Crippen molar-refractivity contribution in [3.8, 4) is 0 Å². The van der Waals surface area contributed by atoms with Crippen LogP contribution < -0.4 is 16.8 Å². The summed E-state index contributed by atoms with van der Waals surface area (Å²) < 4.78 is 0. The fourth-order valence-corrected chi connectivity index (χ4v) is 2.64. The summed E-state index contributed by atoms with van der Waals surface area (Å²) >= 11 is 5.98. The van der Waals surface area contributed by atoms with E-state index >= 15 is 0 Å². The Morgan fingerprint density at radius 1 is 1.32 bits per heavy atom. The van der Waals surface area contributed by atoms with Crippen molar-refractivity contribution in [2.45, 2.75) is 39.2 Å². The van der Waals surface area contributed by atoms with Crippen LogP contribution in [0, 0.1) is 5.41 Å². The lowest BCUT2D eigenvalue weighted by Gasteiger charge is -2.31. The van der Waals surface area contributed by atoms with E-state index in [1.54, 1.807) is 18.2 Å². The SMILES string of the molecule is CCC(CC)(CN)C(=O)N[C@H](CC(N)=O)c1cccc(Cl)c1. The van der Waals surface area contributed by atoms with Crippen molar-refractivity contribution >= 4 is 23.4 Å². The normalized spacial score (nSPS) is 12.7. The van der Waals surface area contributed by atoms with Crippen molar-refractivity contribution in [3.63, 3.8) is 0 Å². The Morgan fingerprint density at radius 2 is 1.95 bits per heavy atom. The standard InChI is InChI=1S/C16H24ClN3O2/c1-3-16(4-2,10-18)15(22)20-13(9-14(19)21)11-6-5-7-12(17)8-11/h5-8,13H,3-4,9-10,18H2,1-2H3,(H2,19,21)(H,20,22)/t13-/m1/s1. The van der Waals surface area contributed by atoms with E-state index in [0.717, 1.165) is 5.56 Å². The number of hydrogen-bond donors (Lipinski definition) is 3. The first-order chi connectivity index (χ1) is 10.4. The molecule has 0 aromatic heterocycles. The first-order valence-corrected chi connectivity index (χ1v) is 7.81. The molecule has 0 heterocycles. The van der Waals surface area contributed by atoms with Crippen LogP contribution >= 0.6 is 11.6 Å². The quantitative estimate of drug-likeness (QED) is 0.683. The maximum atomic E-state index is 12.6. The molecule has 22 heavy (non-hydrogen) atoms. The predicted molar refractivity (Wildman–Crippen MR) is 88.2 cm³/mol. The molecule has 5 nitrogen and oxygen atoms in total. The van der Waals surface area contributed by atoms with Crippen LogP contribution in [0.25, 0.3) is 0 Å². The monoisotopic (exact) mass is 325 g/mol. The number of carbonyl (C=O) groups excluding carboxylic acids is 2. The molecule has 0 aliphatic rings. The van der Waals surface area contributed by atoms with Gasteiger partial charge in [-0.05, 0) is 30.5 Å². The van der Waals surface area contributed by atoms with Gasteiger partial charge in [-0.2, -0.15) is 0 Å². The average Bonchev–Trinajstić information content (AvgIpc) is 2.48. The Balaban J connectivity index is 3.04. The van der Waals surface area contributed by atoms with Crippen molar-refractivity contribution in [3.05, 3.63) is 34.9 Å². The van der Waals surface area contributed by atoms with E-state index in [-0.39, 0.29) is 18.9 Å². The molecule has 0 saturated heterocycles. The molecule has 0 fully saturated rings. The van der Waals surface area contributed by atoms with E-state index in [9.17, 15) is 9.59 Å². The molecule has 5 N–H and O–H groups in total. The molecule has 122 valence electrons. The topological polar surface area (TPSA) is 98.2 Å². The van der Waals surface area contributed by atoms with Crippen molar-refractivity contribution in [2.75, 3.05) is 6.54 Å². The van der Waals surface area contributed by atoms with Gasteiger partial charge in [0, 0.05) is 11.6 Å². The molecule has 0 saturated carbocycles. The third-order valence-electron chi connectivity index (χ3n) is 4.19. The van der Waals surface area contributed by atoms with E-state index < -0.39 is 17.4 Å². The number of halogens is 1. The summed E-state index contributed by atoms with van der Waals surface area (Å²) in [6, 6.07) is 6.52. The van der Waals surface area contributed by atoms with Gasteiger partial charge in [-0.1, -0.05) is 37.6 Å². The molecule has 1 aromatic rings. The molecule has 0 aliphatic heterocycles. The Bertz CT molecular complexity index is 522. The molecular formula is C16H24ClN3O2. The molecule has 1 atom stereocenters. The predicted octanol–water partition coefficient (Wildman–Crippen LogP) is 2.14. The lowest BCUT2D eigenvalue weighted by atomic mass is 9.81. The molecule has 2 amide bonds. The number of hydrogen-bond acceptors (Lipinski definition) is 3. The van der Waals surface area contributed by atoms with Crippen molar-refractivity contribution in [1.82, 2.24) is 5.32 Å². The third kappa shape index (κ3) is 4.45. The molecule has 0 unspecified atom stereocenters. The van der Waals surface area contributed by atoms with Gasteiger partial charge in [-0.3, -0.25) is 9.59 Å². The van der Waals surface area contributed by atoms with E-state index in [1.165, 1.54) is 0 Å². The van der Waals surface area contributed by atoms with Gasteiger partial charge in [0.15, 0.2) is 0 Å². The minimum Gasteiger partial charge on any atom is -0.370 e. The molecule has 1 aromatic carbocycles. The van der Waals surface area contributed by atoms with Crippen molar-refractivity contribution < 1.29 is 9.59 Å². The third-order valence-corrected chi connectivity index (χ3v) is 4.42. The number of nitrogens with one attached hydrogen (secondary N) is 1. The summed E-state index contributed by atoms with van der Waals surface area (Å²) in [6.45, 7) is 4.11. The first kappa shape index (κ1) is 18.5. The second-order valence-corrected chi connectivity index (χ2v) is 5.88. The Labute approximate surface area is 136 Å². The highest BCUT2D eigenvalue weighted by Crippen LogP contribution is 2.28. The Hall–Kier alpha value is -1.59. The minimum absolute atomic E-state index is 0.0140. The van der Waals surface area contributed by atoms with Gasteiger partial charge in [0.05, 0.1) is 17.9 Å². The molecule has 0 spiro atoms. The van der Waals surface area contributed by atoms with Gasteiger partial charge in [0.2, 0.25) is 11.8 Å². The van der Waals surface area contributed by atoms with E-state index in [0.29, 0.717) is 17.9 Å². The molecular weight excluding hydrogens is 302 g/mol. The lowest BCUT2D eigenvalue weighted by molar-refractivity contribution is -0.132. The maximum absolute atomic E-state index is 12.6. The van der Waals surface area contributed by atoms with Crippen LogP contribution in [0.3, 0.4) is 0 Å². The fraction of sp³-hybridized carbons (Fsp3) is 0.500. The minimum atomic E-state index is -0.630. The van der Waals surface area contributed by atoms with Crippen LogP contribution in [0.4, 0.5) is 0 Å². The van der Waals surface area contributed by atoms with Gasteiger partial charge >= 0.3 is 0 Å². The molecule has 0 aliphatic carbocycles. The number of rotatable bonds is 8. The van der Waals surface area contributed by atoms with Crippen molar-refractivity contribution in [2.24, 2.45) is 16.9 Å². The van der Waals surface area contributed by atoms with Gasteiger partial charge < -0.3 is 16.8 Å². The van der Waals surface area contributed by atoms with Crippen LogP contribution in [-0.4, -0.2) is 18.4 Å². The number of benzene rings is 1. The van der Waals surface area contributed by atoms with E-state index in [1.807, 2.05) is 19.9 Å². The Kier molecular flexibility index (Phi) is 6.84. The molecule has 6 heteroatoms. The molecule has 0 radical (unpaired) electrons. The fourth-order valence-electron chi connectivity index (χ4n) is 2.44. The highest BCUT2D eigenvalue weighted by Gasteiger charge is 2.35. The lowest BCUT2D eigenvalue weighted by Crippen LogP contribution is -2.47. The zero-order chi connectivity index (χ0) is 16.8. The first-order valence-electron chi connectivity index (χ1n) is 7.43. The number of carbonyl (C=O) groups is 2. The summed E-state index contributed by atoms with van der Waals surface area (Å²) in [5, 5.41) is 3.45. The van der Waals surface area contributed by atoms with Crippen LogP contribution in [0.5, 0.6) is 0 Å². The highest BCUT2D eigenvalue weighted by atomic mass is 35.5. The second-order valence-electron chi connectivity index (χ2n) is 5.44. The summed E-state index contributed by atoms with van der Waals surface area (Å²) in [5.74, 6) is -0.650. The second kappa shape index (κ2) is 8.15. The van der Waals surface area contributed by atoms with Gasteiger partial charge in [-0.25, -0.2) is 0 Å². The van der Waals surface area contributed by atoms with Gasteiger partial charge in [0.1, 0.15) is 0 Å². The zero-order valence-electron chi connectivity index (χ0n) is 13.1. The summed E-state index contributed by atoms with van der Waals surface area (Å²) in [7, 11) is 0. The highest BCUT2D eigenvalue weighted by molar-refractivity contribution is 6.30.